The predicted molar refractivity (Wildman–Crippen MR) is 53.6 cm³/mol. The maximum atomic E-state index is 11.4. The highest BCUT2D eigenvalue weighted by Crippen LogP contribution is 2.23. The van der Waals surface area contributed by atoms with Gasteiger partial charge in [-0.1, -0.05) is 11.3 Å². The Bertz CT molecular complexity index is 359. The zero-order valence-corrected chi connectivity index (χ0v) is 8.63. The van der Waals surface area contributed by atoms with Crippen molar-refractivity contribution in [2.24, 2.45) is 0 Å². The summed E-state index contributed by atoms with van der Waals surface area (Å²) in [7, 11) is 0. The molecule has 76 valence electrons. The Balaban J connectivity index is 2.76. The summed E-state index contributed by atoms with van der Waals surface area (Å²) >= 11 is 0.880. The lowest BCUT2D eigenvalue weighted by atomic mass is 10.3. The highest BCUT2D eigenvalue weighted by atomic mass is 32.1. The monoisotopic (exact) mass is 214 g/mol. The van der Waals surface area contributed by atoms with Gasteiger partial charge in [-0.3, -0.25) is 14.9 Å². The molecule has 1 rings (SSSR count). The lowest BCUT2D eigenvalue weighted by Gasteiger charge is -2.05. The summed E-state index contributed by atoms with van der Waals surface area (Å²) in [6.45, 7) is 3.67. The van der Waals surface area contributed by atoms with Crippen molar-refractivity contribution in [1.82, 2.24) is 5.32 Å². The van der Waals surface area contributed by atoms with Crippen molar-refractivity contribution in [1.29, 1.82) is 0 Å². The molecule has 1 aromatic heterocycles. The van der Waals surface area contributed by atoms with Gasteiger partial charge in [0, 0.05) is 12.1 Å². The molecule has 1 amide bonds. The summed E-state index contributed by atoms with van der Waals surface area (Å²) < 4.78 is 0. The summed E-state index contributed by atoms with van der Waals surface area (Å²) in [6.07, 6.45) is 0. The summed E-state index contributed by atoms with van der Waals surface area (Å²) in [5.41, 5.74) is 0. The van der Waals surface area contributed by atoms with Gasteiger partial charge in [0.25, 0.3) is 5.91 Å². The molecule has 1 aromatic rings. The summed E-state index contributed by atoms with van der Waals surface area (Å²) in [5, 5.41) is 13.0. The molecule has 0 aliphatic heterocycles. The normalized spacial score (nSPS) is 10.2. The first-order valence-corrected chi connectivity index (χ1v) is 4.87. The van der Waals surface area contributed by atoms with Gasteiger partial charge >= 0.3 is 5.00 Å². The molecule has 1 N–H and O–H groups in total. The highest BCUT2D eigenvalue weighted by molar-refractivity contribution is 7.17. The molecule has 14 heavy (non-hydrogen) atoms. The van der Waals surface area contributed by atoms with Gasteiger partial charge in [-0.05, 0) is 19.9 Å². The Hall–Kier alpha value is -1.43. The molecule has 0 spiro atoms. The number of amides is 1. The molecule has 0 fully saturated rings. The third kappa shape index (κ3) is 2.53. The van der Waals surface area contributed by atoms with Crippen LogP contribution in [0.5, 0.6) is 0 Å². The molecule has 1 heterocycles. The van der Waals surface area contributed by atoms with E-state index in [-0.39, 0.29) is 17.0 Å². The van der Waals surface area contributed by atoms with Gasteiger partial charge in [-0.15, -0.1) is 0 Å². The van der Waals surface area contributed by atoms with E-state index in [1.165, 1.54) is 12.1 Å². The molecular weight excluding hydrogens is 204 g/mol. The fourth-order valence-electron chi connectivity index (χ4n) is 0.881. The number of nitrogens with one attached hydrogen (secondary N) is 1. The number of nitro groups is 1. The number of carbonyl (C=O) groups is 1. The van der Waals surface area contributed by atoms with Crippen molar-refractivity contribution >= 4 is 22.2 Å². The summed E-state index contributed by atoms with van der Waals surface area (Å²) in [5.74, 6) is -0.266. The van der Waals surface area contributed by atoms with Crippen molar-refractivity contribution in [2.75, 3.05) is 0 Å². The molecular formula is C8H10N2O3S. The first kappa shape index (κ1) is 10.6. The third-order valence-electron chi connectivity index (χ3n) is 1.42. The van der Waals surface area contributed by atoms with Crippen LogP contribution in [-0.2, 0) is 0 Å². The van der Waals surface area contributed by atoms with Crippen LogP contribution in [0.3, 0.4) is 0 Å². The van der Waals surface area contributed by atoms with Crippen LogP contribution in [0.25, 0.3) is 0 Å². The predicted octanol–water partition coefficient (Wildman–Crippen LogP) is 1.79. The zero-order valence-electron chi connectivity index (χ0n) is 7.81. The smallest absolute Gasteiger partial charge is 0.324 e. The van der Waals surface area contributed by atoms with Gasteiger partial charge in [0.1, 0.15) is 0 Å². The van der Waals surface area contributed by atoms with E-state index in [0.717, 1.165) is 11.3 Å². The Morgan fingerprint density at radius 3 is 2.64 bits per heavy atom. The Morgan fingerprint density at radius 2 is 2.21 bits per heavy atom. The average Bonchev–Trinajstić information content (AvgIpc) is 2.50. The minimum Gasteiger partial charge on any atom is -0.349 e. The van der Waals surface area contributed by atoms with Crippen LogP contribution in [0.4, 0.5) is 5.00 Å². The number of thiophene rings is 1. The van der Waals surface area contributed by atoms with Gasteiger partial charge in [-0.2, -0.15) is 0 Å². The number of carbonyl (C=O) groups excluding carboxylic acids is 1. The lowest BCUT2D eigenvalue weighted by molar-refractivity contribution is -0.380. The number of hydrogen-bond donors (Lipinski definition) is 1. The molecule has 0 aromatic carbocycles. The van der Waals surface area contributed by atoms with E-state index < -0.39 is 4.92 Å². The molecule has 6 heteroatoms. The molecule has 0 saturated heterocycles. The van der Waals surface area contributed by atoms with E-state index in [9.17, 15) is 14.9 Å². The second-order valence-corrected chi connectivity index (χ2v) is 4.09. The quantitative estimate of drug-likeness (QED) is 0.616. The van der Waals surface area contributed by atoms with Crippen LogP contribution < -0.4 is 5.32 Å². The van der Waals surface area contributed by atoms with E-state index in [1.807, 2.05) is 13.8 Å². The van der Waals surface area contributed by atoms with Crippen molar-refractivity contribution in [2.45, 2.75) is 19.9 Å². The minimum atomic E-state index is -0.503. The number of nitrogens with zero attached hydrogens (tertiary/aromatic N) is 1. The Morgan fingerprint density at radius 1 is 1.57 bits per heavy atom. The van der Waals surface area contributed by atoms with Gasteiger partial charge in [0.05, 0.1) is 9.80 Å². The van der Waals surface area contributed by atoms with E-state index in [4.69, 9.17) is 0 Å². The van der Waals surface area contributed by atoms with Gasteiger partial charge in [0.2, 0.25) is 0 Å². The molecule has 0 atom stereocenters. The lowest BCUT2D eigenvalue weighted by Crippen LogP contribution is -2.29. The van der Waals surface area contributed by atoms with Crippen LogP contribution in [0.2, 0.25) is 0 Å². The number of hydrogen-bond acceptors (Lipinski definition) is 4. The molecule has 0 aliphatic carbocycles. The van der Waals surface area contributed by atoms with Crippen molar-refractivity contribution < 1.29 is 9.72 Å². The molecule has 0 unspecified atom stereocenters. The average molecular weight is 214 g/mol. The van der Waals surface area contributed by atoms with Crippen LogP contribution in [0.15, 0.2) is 12.1 Å². The minimum absolute atomic E-state index is 0.0149. The van der Waals surface area contributed by atoms with Crippen molar-refractivity contribution in [3.05, 3.63) is 27.1 Å². The molecule has 0 bridgehead atoms. The van der Waals surface area contributed by atoms with Crippen LogP contribution in [-0.4, -0.2) is 16.9 Å². The van der Waals surface area contributed by atoms with Gasteiger partial charge in [0.15, 0.2) is 0 Å². The van der Waals surface area contributed by atoms with E-state index in [2.05, 4.69) is 5.32 Å². The van der Waals surface area contributed by atoms with E-state index in [0.29, 0.717) is 4.88 Å². The summed E-state index contributed by atoms with van der Waals surface area (Å²) in [6, 6.07) is 2.82. The topological polar surface area (TPSA) is 72.2 Å². The van der Waals surface area contributed by atoms with E-state index >= 15 is 0 Å². The van der Waals surface area contributed by atoms with Crippen LogP contribution >= 0.6 is 11.3 Å². The maximum absolute atomic E-state index is 11.4. The molecule has 0 radical (unpaired) electrons. The van der Waals surface area contributed by atoms with Crippen molar-refractivity contribution in [3.8, 4) is 0 Å². The zero-order chi connectivity index (χ0) is 10.7. The first-order chi connectivity index (χ1) is 6.50. The Kier molecular flexibility index (Phi) is 3.19. The standard InChI is InChI=1S/C8H10N2O3S/c1-5(2)9-8(11)6-3-4-7(14-6)10(12)13/h3-5H,1-2H3,(H,9,11). The summed E-state index contributed by atoms with van der Waals surface area (Å²) in [4.78, 5) is 21.6. The number of rotatable bonds is 3. The van der Waals surface area contributed by atoms with Crippen LogP contribution in [0, 0.1) is 10.1 Å². The fourth-order valence-corrected chi connectivity index (χ4v) is 1.60. The molecule has 5 nitrogen and oxygen atoms in total. The Labute approximate surface area is 84.9 Å². The second kappa shape index (κ2) is 4.19. The first-order valence-electron chi connectivity index (χ1n) is 4.06. The second-order valence-electron chi connectivity index (χ2n) is 3.02. The molecule has 0 aliphatic rings. The van der Waals surface area contributed by atoms with Crippen molar-refractivity contribution in [3.63, 3.8) is 0 Å². The SMILES string of the molecule is CC(C)NC(=O)c1ccc([N+](=O)[O-])s1. The maximum Gasteiger partial charge on any atom is 0.324 e. The fraction of sp³-hybridized carbons (Fsp3) is 0.375. The largest absolute Gasteiger partial charge is 0.349 e. The highest BCUT2D eigenvalue weighted by Gasteiger charge is 2.15. The van der Waals surface area contributed by atoms with Crippen LogP contribution in [0.1, 0.15) is 23.5 Å². The van der Waals surface area contributed by atoms with Gasteiger partial charge < -0.3 is 5.32 Å². The third-order valence-corrected chi connectivity index (χ3v) is 2.45. The van der Waals surface area contributed by atoms with E-state index in [1.54, 1.807) is 0 Å². The molecule has 0 saturated carbocycles. The van der Waals surface area contributed by atoms with Gasteiger partial charge in [-0.25, -0.2) is 0 Å².